The molecule has 0 fully saturated rings. The molecule has 0 spiro atoms. The van der Waals surface area contributed by atoms with E-state index in [2.05, 4.69) is 15.5 Å². The van der Waals surface area contributed by atoms with E-state index < -0.39 is 6.10 Å². The summed E-state index contributed by atoms with van der Waals surface area (Å²) in [6.07, 6.45) is 2.98. The van der Waals surface area contributed by atoms with Crippen molar-refractivity contribution in [1.29, 1.82) is 0 Å². The topological polar surface area (TPSA) is 72.8 Å². The number of rotatable bonds is 4. The summed E-state index contributed by atoms with van der Waals surface area (Å²) in [6.45, 7) is 0. The fourth-order valence-corrected chi connectivity index (χ4v) is 2.22. The van der Waals surface area contributed by atoms with Crippen molar-refractivity contribution in [3.8, 4) is 5.75 Å². The maximum absolute atomic E-state index is 12.2. The number of pyridine rings is 1. The van der Waals surface area contributed by atoms with E-state index in [4.69, 9.17) is 9.57 Å². The number of oxime groups is 1. The van der Waals surface area contributed by atoms with E-state index in [1.807, 2.05) is 24.3 Å². The van der Waals surface area contributed by atoms with E-state index in [9.17, 15) is 4.79 Å². The summed E-state index contributed by atoms with van der Waals surface area (Å²) in [5.41, 5.74) is 2.21. The molecule has 1 N–H and O–H groups in total. The molecule has 6 heteroatoms. The molecule has 22 heavy (non-hydrogen) atoms. The molecule has 0 radical (unpaired) electrons. The molecule has 1 atom stereocenters. The van der Waals surface area contributed by atoms with Gasteiger partial charge in [-0.25, -0.2) is 0 Å². The quantitative estimate of drug-likeness (QED) is 0.939. The van der Waals surface area contributed by atoms with Gasteiger partial charge in [-0.2, -0.15) is 0 Å². The normalized spacial score (nSPS) is 16.6. The maximum atomic E-state index is 12.2. The zero-order valence-corrected chi connectivity index (χ0v) is 12.0. The highest BCUT2D eigenvalue weighted by molar-refractivity contribution is 6.07. The van der Waals surface area contributed by atoms with Crippen LogP contribution in [0.15, 0.2) is 53.9 Å². The second-order valence-electron chi connectivity index (χ2n) is 4.76. The van der Waals surface area contributed by atoms with Crippen molar-refractivity contribution < 1.29 is 14.4 Å². The highest BCUT2D eigenvalue weighted by atomic mass is 16.6. The van der Waals surface area contributed by atoms with Gasteiger partial charge in [-0.05, 0) is 24.3 Å². The average molecular weight is 297 g/mol. The molecule has 0 aliphatic carbocycles. The van der Waals surface area contributed by atoms with Crippen LogP contribution in [-0.4, -0.2) is 29.8 Å². The number of hydrogen-bond donors (Lipinski definition) is 1. The number of methoxy groups -OCH3 is 1. The zero-order chi connectivity index (χ0) is 15.4. The number of nitrogens with one attached hydrogen (secondary N) is 1. The maximum Gasteiger partial charge on any atom is 0.268 e. The van der Waals surface area contributed by atoms with Crippen molar-refractivity contribution in [2.75, 3.05) is 12.4 Å². The first-order valence-electron chi connectivity index (χ1n) is 6.85. The Morgan fingerprint density at radius 3 is 2.82 bits per heavy atom. The molecule has 0 saturated heterocycles. The van der Waals surface area contributed by atoms with E-state index in [1.165, 1.54) is 0 Å². The Kier molecular flexibility index (Phi) is 4.00. The van der Waals surface area contributed by atoms with Crippen molar-refractivity contribution >= 4 is 17.3 Å². The van der Waals surface area contributed by atoms with E-state index in [1.54, 1.807) is 31.6 Å². The standard InChI is InChI=1S/C16H15N3O3/c1-21-14-5-3-2-4-12(14)13-10-15(22-19-13)16(20)18-11-6-8-17-9-7-11/h2-9,15H,10H2,1H3,(H,17,18,20). The summed E-state index contributed by atoms with van der Waals surface area (Å²) in [7, 11) is 1.60. The molecule has 1 aliphatic heterocycles. The van der Waals surface area contributed by atoms with Crippen molar-refractivity contribution in [3.05, 3.63) is 54.4 Å². The molecule has 0 saturated carbocycles. The highest BCUT2D eigenvalue weighted by Crippen LogP contribution is 2.25. The lowest BCUT2D eigenvalue weighted by Gasteiger charge is -2.09. The number of aromatic nitrogens is 1. The van der Waals surface area contributed by atoms with Crippen LogP contribution in [0.25, 0.3) is 0 Å². The van der Waals surface area contributed by atoms with Crippen LogP contribution in [0, 0.1) is 0 Å². The third-order valence-corrected chi connectivity index (χ3v) is 3.33. The Hall–Kier alpha value is -2.89. The number of hydrogen-bond acceptors (Lipinski definition) is 5. The van der Waals surface area contributed by atoms with Gasteiger partial charge >= 0.3 is 0 Å². The average Bonchev–Trinajstić information content (AvgIpc) is 3.05. The number of para-hydroxylation sites is 1. The van der Waals surface area contributed by atoms with Gasteiger partial charge in [0.25, 0.3) is 5.91 Å². The predicted octanol–water partition coefficient (Wildman–Crippen LogP) is 2.22. The summed E-state index contributed by atoms with van der Waals surface area (Å²) < 4.78 is 5.31. The Balaban J connectivity index is 1.68. The second kappa shape index (κ2) is 6.26. The SMILES string of the molecule is COc1ccccc1C1=NOC(C(=O)Nc2ccncc2)C1. The van der Waals surface area contributed by atoms with Crippen molar-refractivity contribution in [3.63, 3.8) is 0 Å². The van der Waals surface area contributed by atoms with Crippen molar-refractivity contribution in [2.24, 2.45) is 5.16 Å². The van der Waals surface area contributed by atoms with Crippen LogP contribution in [0.5, 0.6) is 5.75 Å². The van der Waals surface area contributed by atoms with Gasteiger partial charge in [0.15, 0.2) is 0 Å². The molecule has 3 rings (SSSR count). The van der Waals surface area contributed by atoms with Gasteiger partial charge in [0.05, 0.1) is 12.8 Å². The molecule has 1 unspecified atom stereocenters. The van der Waals surface area contributed by atoms with Gasteiger partial charge in [-0.1, -0.05) is 17.3 Å². The monoisotopic (exact) mass is 297 g/mol. The molecule has 1 aliphatic rings. The van der Waals surface area contributed by atoms with Crippen LogP contribution in [0.4, 0.5) is 5.69 Å². The van der Waals surface area contributed by atoms with Gasteiger partial charge < -0.3 is 14.9 Å². The summed E-state index contributed by atoms with van der Waals surface area (Å²) in [4.78, 5) is 21.3. The minimum atomic E-state index is -0.645. The van der Waals surface area contributed by atoms with Crippen LogP contribution in [0.1, 0.15) is 12.0 Å². The van der Waals surface area contributed by atoms with Crippen LogP contribution in [-0.2, 0) is 9.63 Å². The van der Waals surface area contributed by atoms with E-state index >= 15 is 0 Å². The Morgan fingerprint density at radius 2 is 2.05 bits per heavy atom. The Labute approximate surface area is 127 Å². The highest BCUT2D eigenvalue weighted by Gasteiger charge is 2.30. The summed E-state index contributed by atoms with van der Waals surface area (Å²) in [5.74, 6) is 0.472. The number of carbonyl (C=O) groups excluding carboxylic acids is 1. The van der Waals surface area contributed by atoms with Gasteiger partial charge in [-0.15, -0.1) is 0 Å². The fraction of sp³-hybridized carbons (Fsp3) is 0.188. The van der Waals surface area contributed by atoms with Crippen LogP contribution >= 0.6 is 0 Å². The van der Waals surface area contributed by atoms with Gasteiger partial charge in [-0.3, -0.25) is 9.78 Å². The summed E-state index contributed by atoms with van der Waals surface area (Å²) in [5, 5.41) is 6.80. The first-order chi connectivity index (χ1) is 10.8. The lowest BCUT2D eigenvalue weighted by molar-refractivity contribution is -0.125. The predicted molar refractivity (Wildman–Crippen MR) is 81.9 cm³/mol. The first kappa shape index (κ1) is 14.1. The molecule has 0 bridgehead atoms. The minimum Gasteiger partial charge on any atom is -0.496 e. The Morgan fingerprint density at radius 1 is 1.27 bits per heavy atom. The van der Waals surface area contributed by atoms with E-state index in [-0.39, 0.29) is 5.91 Å². The third-order valence-electron chi connectivity index (χ3n) is 3.33. The fourth-order valence-electron chi connectivity index (χ4n) is 2.22. The first-order valence-corrected chi connectivity index (χ1v) is 6.85. The lowest BCUT2D eigenvalue weighted by Crippen LogP contribution is -2.28. The van der Waals surface area contributed by atoms with Crippen molar-refractivity contribution in [2.45, 2.75) is 12.5 Å². The molecule has 2 heterocycles. The molecule has 1 aromatic carbocycles. The number of amides is 1. The third kappa shape index (κ3) is 2.90. The number of nitrogens with zero attached hydrogens (tertiary/aromatic N) is 2. The van der Waals surface area contributed by atoms with E-state index in [0.29, 0.717) is 23.6 Å². The van der Waals surface area contributed by atoms with Gasteiger partial charge in [0.2, 0.25) is 6.10 Å². The number of benzene rings is 1. The largest absolute Gasteiger partial charge is 0.496 e. The molecular weight excluding hydrogens is 282 g/mol. The number of anilines is 1. The lowest BCUT2D eigenvalue weighted by atomic mass is 10.0. The molecule has 1 amide bonds. The molecule has 112 valence electrons. The summed E-state index contributed by atoms with van der Waals surface area (Å²) in [6, 6.07) is 11.0. The van der Waals surface area contributed by atoms with Crippen LogP contribution in [0.2, 0.25) is 0 Å². The zero-order valence-electron chi connectivity index (χ0n) is 12.0. The molecule has 1 aromatic heterocycles. The molecule has 2 aromatic rings. The van der Waals surface area contributed by atoms with Crippen LogP contribution in [0.3, 0.4) is 0 Å². The van der Waals surface area contributed by atoms with Gasteiger partial charge in [0.1, 0.15) is 5.75 Å². The van der Waals surface area contributed by atoms with Crippen molar-refractivity contribution in [1.82, 2.24) is 4.98 Å². The smallest absolute Gasteiger partial charge is 0.268 e. The Bertz CT molecular complexity index is 701. The number of ether oxygens (including phenoxy) is 1. The summed E-state index contributed by atoms with van der Waals surface area (Å²) >= 11 is 0. The van der Waals surface area contributed by atoms with Crippen LogP contribution < -0.4 is 10.1 Å². The second-order valence-corrected chi connectivity index (χ2v) is 4.76. The molecular formula is C16H15N3O3. The molecule has 6 nitrogen and oxygen atoms in total. The number of carbonyl (C=O) groups is 1. The van der Waals surface area contributed by atoms with E-state index in [0.717, 1.165) is 5.56 Å². The van der Waals surface area contributed by atoms with Gasteiger partial charge in [0, 0.05) is 30.1 Å². The minimum absolute atomic E-state index is 0.236.